The summed E-state index contributed by atoms with van der Waals surface area (Å²) >= 11 is 1.62. The second-order valence-electron chi connectivity index (χ2n) is 4.81. The molecule has 0 atom stereocenters. The molecule has 1 aromatic carbocycles. The van der Waals surface area contributed by atoms with Crippen LogP contribution in [-0.4, -0.2) is 34.2 Å². The fourth-order valence-corrected chi connectivity index (χ4v) is 2.86. The van der Waals surface area contributed by atoms with Crippen molar-refractivity contribution in [3.63, 3.8) is 0 Å². The lowest BCUT2D eigenvalue weighted by atomic mass is 10.3. The van der Waals surface area contributed by atoms with E-state index < -0.39 is 0 Å². The van der Waals surface area contributed by atoms with E-state index in [2.05, 4.69) is 10.2 Å². The van der Waals surface area contributed by atoms with E-state index in [0.717, 1.165) is 35.2 Å². The number of rotatable bonds is 7. The number of methoxy groups -OCH3 is 1. The average molecular weight is 306 g/mol. The first-order valence-electron chi connectivity index (χ1n) is 6.88. The van der Waals surface area contributed by atoms with E-state index in [1.807, 2.05) is 28.8 Å². The number of anilines is 1. The number of thioether (sulfide) groups is 1. The van der Waals surface area contributed by atoms with Crippen molar-refractivity contribution in [1.82, 2.24) is 14.8 Å². The van der Waals surface area contributed by atoms with Crippen LogP contribution < -0.4 is 15.2 Å². The van der Waals surface area contributed by atoms with Gasteiger partial charge in [0.1, 0.15) is 11.5 Å². The smallest absolute Gasteiger partial charge is 0.222 e. The molecule has 1 aromatic heterocycles. The number of nitrogens with two attached hydrogens (primary N) is 1. The van der Waals surface area contributed by atoms with Crippen molar-refractivity contribution in [2.45, 2.75) is 24.0 Å². The summed E-state index contributed by atoms with van der Waals surface area (Å²) in [6, 6.07) is 8.05. The summed E-state index contributed by atoms with van der Waals surface area (Å²) in [5, 5.41) is 8.95. The maximum absolute atomic E-state index is 5.84. The van der Waals surface area contributed by atoms with Gasteiger partial charge in [0.15, 0.2) is 5.16 Å². The molecule has 1 aliphatic carbocycles. The summed E-state index contributed by atoms with van der Waals surface area (Å²) in [4.78, 5) is 0. The Hall–Kier alpha value is -1.89. The van der Waals surface area contributed by atoms with Gasteiger partial charge in [-0.25, -0.2) is 0 Å². The van der Waals surface area contributed by atoms with Crippen LogP contribution in [0, 0.1) is 0 Å². The van der Waals surface area contributed by atoms with Crippen molar-refractivity contribution in [2.75, 3.05) is 25.2 Å². The first-order chi connectivity index (χ1) is 10.3. The molecule has 7 heteroatoms. The third-order valence-corrected chi connectivity index (χ3v) is 4.15. The summed E-state index contributed by atoms with van der Waals surface area (Å²) in [6.45, 7) is 0.606. The highest BCUT2D eigenvalue weighted by Gasteiger charge is 2.28. The topological polar surface area (TPSA) is 75.2 Å². The van der Waals surface area contributed by atoms with E-state index in [1.54, 1.807) is 18.9 Å². The lowest BCUT2D eigenvalue weighted by Crippen LogP contribution is -2.04. The van der Waals surface area contributed by atoms with Crippen molar-refractivity contribution in [1.29, 1.82) is 0 Å². The monoisotopic (exact) mass is 306 g/mol. The van der Waals surface area contributed by atoms with Gasteiger partial charge in [0, 0.05) is 11.8 Å². The van der Waals surface area contributed by atoms with Crippen LogP contribution in [0.15, 0.2) is 29.4 Å². The van der Waals surface area contributed by atoms with Gasteiger partial charge in [-0.05, 0) is 37.1 Å². The van der Waals surface area contributed by atoms with Crippen LogP contribution >= 0.6 is 11.8 Å². The SMILES string of the molecule is COc1ccc(OCCSc2nnc(N)n2C2CC2)cc1. The molecule has 21 heavy (non-hydrogen) atoms. The van der Waals surface area contributed by atoms with E-state index in [0.29, 0.717) is 18.6 Å². The minimum Gasteiger partial charge on any atom is -0.497 e. The zero-order valence-electron chi connectivity index (χ0n) is 11.9. The molecule has 0 aliphatic heterocycles. The Morgan fingerprint density at radius 1 is 1.24 bits per heavy atom. The lowest BCUT2D eigenvalue weighted by molar-refractivity contribution is 0.342. The van der Waals surface area contributed by atoms with E-state index in [4.69, 9.17) is 15.2 Å². The number of benzene rings is 1. The highest BCUT2D eigenvalue weighted by atomic mass is 32.2. The minimum absolute atomic E-state index is 0.491. The normalized spacial score (nSPS) is 14.1. The summed E-state index contributed by atoms with van der Waals surface area (Å²) in [7, 11) is 1.65. The van der Waals surface area contributed by atoms with Crippen LogP contribution in [0.25, 0.3) is 0 Å². The molecule has 0 bridgehead atoms. The Kier molecular flexibility index (Phi) is 4.19. The van der Waals surface area contributed by atoms with Crippen LogP contribution in [0.5, 0.6) is 11.5 Å². The Labute approximate surface area is 127 Å². The van der Waals surface area contributed by atoms with Gasteiger partial charge in [0.25, 0.3) is 0 Å². The van der Waals surface area contributed by atoms with Gasteiger partial charge in [-0.15, -0.1) is 10.2 Å². The van der Waals surface area contributed by atoms with Gasteiger partial charge >= 0.3 is 0 Å². The van der Waals surface area contributed by atoms with Gasteiger partial charge in [0.05, 0.1) is 13.7 Å². The second kappa shape index (κ2) is 6.26. The van der Waals surface area contributed by atoms with Gasteiger partial charge < -0.3 is 15.2 Å². The van der Waals surface area contributed by atoms with E-state index in [9.17, 15) is 0 Å². The van der Waals surface area contributed by atoms with Crippen molar-refractivity contribution < 1.29 is 9.47 Å². The van der Waals surface area contributed by atoms with Crippen LogP contribution in [0.4, 0.5) is 5.95 Å². The minimum atomic E-state index is 0.491. The van der Waals surface area contributed by atoms with Gasteiger partial charge in [-0.1, -0.05) is 11.8 Å². The Morgan fingerprint density at radius 2 is 1.95 bits per heavy atom. The molecular weight excluding hydrogens is 288 g/mol. The fourth-order valence-electron chi connectivity index (χ4n) is 2.03. The molecule has 2 aromatic rings. The summed E-state index contributed by atoms with van der Waals surface area (Å²) in [6.07, 6.45) is 2.33. The number of nitrogen functional groups attached to an aromatic ring is 1. The van der Waals surface area contributed by atoms with Crippen LogP contribution in [0.1, 0.15) is 18.9 Å². The fraction of sp³-hybridized carbons (Fsp3) is 0.429. The third kappa shape index (κ3) is 3.41. The number of ether oxygens (including phenoxy) is 2. The van der Waals surface area contributed by atoms with Crippen molar-refractivity contribution in [3.05, 3.63) is 24.3 Å². The molecule has 2 N–H and O–H groups in total. The van der Waals surface area contributed by atoms with Crippen molar-refractivity contribution >= 4 is 17.7 Å². The quantitative estimate of drug-likeness (QED) is 0.625. The average Bonchev–Trinajstić information content (AvgIpc) is 3.28. The van der Waals surface area contributed by atoms with Crippen molar-refractivity contribution in [3.8, 4) is 11.5 Å². The van der Waals surface area contributed by atoms with Crippen LogP contribution in [0.2, 0.25) is 0 Å². The molecule has 112 valence electrons. The molecular formula is C14H18N4O2S. The standard InChI is InChI=1S/C14H18N4O2S/c1-19-11-4-6-12(7-5-11)20-8-9-21-14-17-16-13(15)18(14)10-2-3-10/h4-7,10H,2-3,8-9H2,1H3,(H2,15,16). The molecule has 0 amide bonds. The van der Waals surface area contributed by atoms with E-state index in [1.165, 1.54) is 0 Å². The van der Waals surface area contributed by atoms with E-state index >= 15 is 0 Å². The first-order valence-corrected chi connectivity index (χ1v) is 7.86. The van der Waals surface area contributed by atoms with E-state index in [-0.39, 0.29) is 0 Å². The highest BCUT2D eigenvalue weighted by Crippen LogP contribution is 2.39. The molecule has 3 rings (SSSR count). The van der Waals surface area contributed by atoms with Crippen LogP contribution in [-0.2, 0) is 0 Å². The Morgan fingerprint density at radius 3 is 2.62 bits per heavy atom. The summed E-state index contributed by atoms with van der Waals surface area (Å²) in [5.74, 6) is 2.97. The van der Waals surface area contributed by atoms with Gasteiger partial charge in [0.2, 0.25) is 5.95 Å². The Bertz CT molecular complexity index is 596. The second-order valence-corrected chi connectivity index (χ2v) is 5.88. The molecule has 0 saturated heterocycles. The summed E-state index contributed by atoms with van der Waals surface area (Å²) < 4.78 is 12.8. The molecule has 1 saturated carbocycles. The molecule has 1 fully saturated rings. The largest absolute Gasteiger partial charge is 0.497 e. The van der Waals surface area contributed by atoms with Gasteiger partial charge in [-0.2, -0.15) is 0 Å². The number of hydrogen-bond donors (Lipinski definition) is 1. The number of hydrogen-bond acceptors (Lipinski definition) is 6. The lowest BCUT2D eigenvalue weighted by Gasteiger charge is -2.08. The predicted molar refractivity (Wildman–Crippen MR) is 81.9 cm³/mol. The van der Waals surface area contributed by atoms with Crippen molar-refractivity contribution in [2.24, 2.45) is 0 Å². The highest BCUT2D eigenvalue weighted by molar-refractivity contribution is 7.99. The zero-order chi connectivity index (χ0) is 14.7. The molecule has 1 aliphatic rings. The number of aromatic nitrogens is 3. The number of nitrogens with zero attached hydrogens (tertiary/aromatic N) is 3. The molecule has 0 spiro atoms. The zero-order valence-corrected chi connectivity index (χ0v) is 12.7. The van der Waals surface area contributed by atoms with Gasteiger partial charge in [-0.3, -0.25) is 4.57 Å². The van der Waals surface area contributed by atoms with Crippen LogP contribution in [0.3, 0.4) is 0 Å². The molecule has 1 heterocycles. The molecule has 6 nitrogen and oxygen atoms in total. The predicted octanol–water partition coefficient (Wildman–Crippen LogP) is 2.37. The first kappa shape index (κ1) is 14.1. The third-order valence-electron chi connectivity index (χ3n) is 3.25. The maximum atomic E-state index is 5.84. The maximum Gasteiger partial charge on any atom is 0.222 e. The Balaban J connectivity index is 1.47. The molecule has 0 unspecified atom stereocenters. The summed E-state index contributed by atoms with van der Waals surface area (Å²) in [5.41, 5.74) is 5.84. The molecule has 0 radical (unpaired) electrons.